The highest BCUT2D eigenvalue weighted by molar-refractivity contribution is 5.89. The summed E-state index contributed by atoms with van der Waals surface area (Å²) in [6.07, 6.45) is 0. The minimum Gasteiger partial charge on any atom is -0.502 e. The first-order valence-corrected chi connectivity index (χ1v) is 5.25. The van der Waals surface area contributed by atoms with Crippen molar-refractivity contribution in [1.29, 1.82) is 0 Å². The number of carboxylic acid groups (broad SMARTS) is 1. The highest BCUT2D eigenvalue weighted by Gasteiger charge is 2.15. The van der Waals surface area contributed by atoms with Crippen LogP contribution in [0.4, 0.5) is 0 Å². The zero-order valence-electron chi connectivity index (χ0n) is 9.60. The molecule has 1 aromatic heterocycles. The lowest BCUT2D eigenvalue weighted by Crippen LogP contribution is -2.10. The maximum Gasteiger partial charge on any atom is 0.356 e. The van der Waals surface area contributed by atoms with E-state index in [4.69, 9.17) is 5.11 Å². The van der Waals surface area contributed by atoms with Crippen LogP contribution >= 0.6 is 0 Å². The van der Waals surface area contributed by atoms with Gasteiger partial charge in [-0.25, -0.2) is 4.79 Å². The molecule has 0 saturated carbocycles. The molecule has 0 unspecified atom stereocenters. The van der Waals surface area contributed by atoms with Crippen molar-refractivity contribution in [3.8, 4) is 17.0 Å². The summed E-state index contributed by atoms with van der Waals surface area (Å²) in [6, 6.07) is 8.40. The molecule has 0 aliphatic carbocycles. The van der Waals surface area contributed by atoms with E-state index >= 15 is 0 Å². The molecule has 3 N–H and O–H groups in total. The molecule has 0 radical (unpaired) electrons. The molecular formula is C13H11NO4. The Balaban J connectivity index is 2.62. The van der Waals surface area contributed by atoms with Crippen LogP contribution in [0.2, 0.25) is 0 Å². The number of aromatic amines is 1. The zero-order valence-corrected chi connectivity index (χ0v) is 9.60. The summed E-state index contributed by atoms with van der Waals surface area (Å²) in [5.74, 6) is -2.16. The molecule has 0 saturated heterocycles. The Labute approximate surface area is 102 Å². The van der Waals surface area contributed by atoms with Gasteiger partial charge >= 0.3 is 5.97 Å². The Bertz CT molecular complexity index is 656. The monoisotopic (exact) mass is 245 g/mol. The van der Waals surface area contributed by atoms with E-state index in [1.807, 2.05) is 19.1 Å². The third-order valence-corrected chi connectivity index (χ3v) is 2.58. The lowest BCUT2D eigenvalue weighted by Gasteiger charge is -2.05. The van der Waals surface area contributed by atoms with E-state index in [9.17, 15) is 14.7 Å². The Morgan fingerprint density at radius 3 is 2.39 bits per heavy atom. The van der Waals surface area contributed by atoms with E-state index in [0.717, 1.165) is 5.56 Å². The molecular weight excluding hydrogens is 234 g/mol. The second kappa shape index (κ2) is 4.37. The summed E-state index contributed by atoms with van der Waals surface area (Å²) in [5, 5.41) is 18.2. The van der Waals surface area contributed by atoms with Crippen molar-refractivity contribution in [2.75, 3.05) is 0 Å². The summed E-state index contributed by atoms with van der Waals surface area (Å²) in [7, 11) is 0. The molecule has 0 amide bonds. The molecule has 0 fully saturated rings. The van der Waals surface area contributed by atoms with Crippen LogP contribution in [0.5, 0.6) is 5.75 Å². The molecule has 0 atom stereocenters. The summed E-state index contributed by atoms with van der Waals surface area (Å²) < 4.78 is 0. The van der Waals surface area contributed by atoms with Crippen LogP contribution in [-0.2, 0) is 0 Å². The molecule has 5 nitrogen and oxygen atoms in total. The number of nitrogens with one attached hydrogen (secondary N) is 1. The third kappa shape index (κ3) is 2.10. The second-order valence-corrected chi connectivity index (χ2v) is 3.94. The highest BCUT2D eigenvalue weighted by Crippen LogP contribution is 2.19. The topological polar surface area (TPSA) is 90.4 Å². The maximum atomic E-state index is 11.5. The fraction of sp³-hybridized carbons (Fsp3) is 0.0769. The predicted octanol–water partition coefficient (Wildman–Crippen LogP) is 1.75. The Hall–Kier alpha value is -2.56. The number of pyridine rings is 1. The number of aryl methyl sites for hydroxylation is 1. The number of hydrogen-bond donors (Lipinski definition) is 3. The van der Waals surface area contributed by atoms with E-state index in [1.54, 1.807) is 12.1 Å². The van der Waals surface area contributed by atoms with Crippen LogP contribution in [0.1, 0.15) is 16.1 Å². The molecule has 1 heterocycles. The zero-order chi connectivity index (χ0) is 13.3. The molecule has 1 aromatic carbocycles. The molecule has 2 rings (SSSR count). The molecule has 18 heavy (non-hydrogen) atoms. The number of aromatic carboxylic acids is 1. The first-order chi connectivity index (χ1) is 8.49. The van der Waals surface area contributed by atoms with E-state index in [-0.39, 0.29) is 0 Å². The van der Waals surface area contributed by atoms with Crippen molar-refractivity contribution in [3.63, 3.8) is 0 Å². The Kier molecular flexibility index (Phi) is 2.89. The van der Waals surface area contributed by atoms with Crippen LogP contribution in [0, 0.1) is 6.92 Å². The van der Waals surface area contributed by atoms with Gasteiger partial charge in [-0.3, -0.25) is 4.79 Å². The Morgan fingerprint density at radius 1 is 1.22 bits per heavy atom. The number of carboxylic acids is 1. The molecule has 92 valence electrons. The van der Waals surface area contributed by atoms with Gasteiger partial charge in [-0.15, -0.1) is 0 Å². The molecule has 0 bridgehead atoms. The molecule has 5 heteroatoms. The SMILES string of the molecule is Cc1ccc(-c2cc(=O)c(O)c(C(=O)O)[nH]2)cc1. The van der Waals surface area contributed by atoms with Crippen molar-refractivity contribution in [2.24, 2.45) is 0 Å². The number of rotatable bonds is 2. The van der Waals surface area contributed by atoms with E-state index in [0.29, 0.717) is 11.3 Å². The molecule has 2 aromatic rings. The van der Waals surface area contributed by atoms with E-state index in [2.05, 4.69) is 4.98 Å². The summed E-state index contributed by atoms with van der Waals surface area (Å²) in [4.78, 5) is 24.9. The van der Waals surface area contributed by atoms with Crippen molar-refractivity contribution in [1.82, 2.24) is 4.98 Å². The van der Waals surface area contributed by atoms with Gasteiger partial charge in [-0.05, 0) is 12.5 Å². The van der Waals surface area contributed by atoms with Crippen molar-refractivity contribution in [2.45, 2.75) is 6.92 Å². The maximum absolute atomic E-state index is 11.5. The number of aromatic hydroxyl groups is 1. The van der Waals surface area contributed by atoms with Crippen LogP contribution in [0.15, 0.2) is 35.1 Å². The smallest absolute Gasteiger partial charge is 0.356 e. The van der Waals surface area contributed by atoms with E-state index < -0.39 is 22.8 Å². The number of hydrogen-bond acceptors (Lipinski definition) is 3. The summed E-state index contributed by atoms with van der Waals surface area (Å²) >= 11 is 0. The molecule has 0 aliphatic rings. The van der Waals surface area contributed by atoms with Crippen LogP contribution in [0.25, 0.3) is 11.3 Å². The standard InChI is InChI=1S/C13H11NO4/c1-7-2-4-8(5-3-7)9-6-10(15)12(16)11(14-9)13(17)18/h2-6,16H,1H3,(H,14,15)(H,17,18). The highest BCUT2D eigenvalue weighted by atomic mass is 16.4. The average molecular weight is 245 g/mol. The summed E-state index contributed by atoms with van der Waals surface area (Å²) in [5.41, 5.74) is 0.869. The van der Waals surface area contributed by atoms with Crippen molar-refractivity contribution in [3.05, 3.63) is 51.8 Å². The van der Waals surface area contributed by atoms with Crippen LogP contribution in [0.3, 0.4) is 0 Å². The van der Waals surface area contributed by atoms with Crippen LogP contribution in [-0.4, -0.2) is 21.2 Å². The van der Waals surface area contributed by atoms with Gasteiger partial charge in [0.15, 0.2) is 11.4 Å². The van der Waals surface area contributed by atoms with Crippen molar-refractivity contribution < 1.29 is 15.0 Å². The predicted molar refractivity (Wildman–Crippen MR) is 65.9 cm³/mol. The minimum absolute atomic E-state index is 0.357. The third-order valence-electron chi connectivity index (χ3n) is 2.58. The number of H-pyrrole nitrogens is 1. The first-order valence-electron chi connectivity index (χ1n) is 5.25. The van der Waals surface area contributed by atoms with Gasteiger partial charge in [0.2, 0.25) is 5.43 Å². The molecule has 0 spiro atoms. The number of carbonyl (C=O) groups is 1. The average Bonchev–Trinajstić information content (AvgIpc) is 2.33. The summed E-state index contributed by atoms with van der Waals surface area (Å²) in [6.45, 7) is 1.92. The fourth-order valence-electron chi connectivity index (χ4n) is 1.60. The van der Waals surface area contributed by atoms with Gasteiger partial charge in [-0.2, -0.15) is 0 Å². The van der Waals surface area contributed by atoms with Gasteiger partial charge in [0.05, 0.1) is 5.69 Å². The quantitative estimate of drug-likeness (QED) is 0.751. The van der Waals surface area contributed by atoms with Crippen LogP contribution < -0.4 is 5.43 Å². The fourth-order valence-corrected chi connectivity index (χ4v) is 1.60. The largest absolute Gasteiger partial charge is 0.502 e. The first kappa shape index (κ1) is 11.9. The number of aromatic nitrogens is 1. The van der Waals surface area contributed by atoms with Gasteiger partial charge in [0, 0.05) is 6.07 Å². The molecule has 0 aliphatic heterocycles. The Morgan fingerprint density at radius 2 is 1.83 bits per heavy atom. The van der Waals surface area contributed by atoms with Gasteiger partial charge in [0.25, 0.3) is 0 Å². The van der Waals surface area contributed by atoms with Gasteiger partial charge in [0.1, 0.15) is 0 Å². The lowest BCUT2D eigenvalue weighted by molar-refractivity contribution is 0.0687. The van der Waals surface area contributed by atoms with Gasteiger partial charge in [-0.1, -0.05) is 29.8 Å². The normalized spacial score (nSPS) is 10.3. The van der Waals surface area contributed by atoms with Gasteiger partial charge < -0.3 is 15.2 Å². The lowest BCUT2D eigenvalue weighted by atomic mass is 10.1. The van der Waals surface area contributed by atoms with E-state index in [1.165, 1.54) is 6.07 Å². The minimum atomic E-state index is -1.38. The number of benzene rings is 1. The van der Waals surface area contributed by atoms with Crippen molar-refractivity contribution >= 4 is 5.97 Å². The second-order valence-electron chi connectivity index (χ2n) is 3.94.